The first kappa shape index (κ1) is 18.6. The molecule has 0 aromatic carbocycles. The van der Waals surface area contributed by atoms with E-state index in [9.17, 15) is 24.9 Å². The van der Waals surface area contributed by atoms with Gasteiger partial charge >= 0.3 is 0 Å². The normalized spacial score (nSPS) is 37.6. The van der Waals surface area contributed by atoms with Crippen molar-refractivity contribution in [1.29, 1.82) is 0 Å². The molecule has 2 amide bonds. The first-order valence-electron chi connectivity index (χ1n) is 9.74. The molecule has 3 saturated heterocycles. The lowest BCUT2D eigenvalue weighted by Crippen LogP contribution is -2.58. The van der Waals surface area contributed by atoms with Gasteiger partial charge in [0.15, 0.2) is 0 Å². The van der Waals surface area contributed by atoms with Gasteiger partial charge < -0.3 is 20.2 Å². The van der Waals surface area contributed by atoms with E-state index in [1.807, 2.05) is 12.2 Å². The zero-order valence-corrected chi connectivity index (χ0v) is 15.2. The summed E-state index contributed by atoms with van der Waals surface area (Å²) < 4.78 is 0. The number of amides is 2. The van der Waals surface area contributed by atoms with Crippen molar-refractivity contribution in [2.24, 2.45) is 17.8 Å². The van der Waals surface area contributed by atoms with Crippen LogP contribution in [0.3, 0.4) is 0 Å². The van der Waals surface area contributed by atoms with E-state index in [0.717, 1.165) is 31.6 Å². The molecular weight excluding hydrogens is 350 g/mol. The average molecular weight is 377 g/mol. The van der Waals surface area contributed by atoms with E-state index in [0.29, 0.717) is 18.8 Å². The number of rotatable bonds is 3. The summed E-state index contributed by atoms with van der Waals surface area (Å²) in [5.74, 6) is -1.28. The zero-order valence-electron chi connectivity index (χ0n) is 15.2. The lowest BCUT2D eigenvalue weighted by Gasteiger charge is -2.36. The maximum Gasteiger partial charge on any atom is 0.237 e. The highest BCUT2D eigenvalue weighted by molar-refractivity contribution is 6.07. The maximum atomic E-state index is 13.0. The number of allylic oxidation sites excluding steroid dienone is 1. The molecule has 3 aliphatic heterocycles. The van der Waals surface area contributed by atoms with Gasteiger partial charge in [0.05, 0.1) is 17.9 Å². The molecule has 0 bridgehead atoms. The van der Waals surface area contributed by atoms with Crippen LogP contribution in [-0.4, -0.2) is 75.1 Å². The fourth-order valence-electron chi connectivity index (χ4n) is 4.62. The van der Waals surface area contributed by atoms with Crippen molar-refractivity contribution in [3.8, 4) is 0 Å². The number of fused-ring (bicyclic) bond motifs is 1. The van der Waals surface area contributed by atoms with Crippen molar-refractivity contribution in [3.63, 3.8) is 0 Å². The Hall–Kier alpha value is -1.74. The number of nitrogens with zero attached hydrogens (tertiary/aromatic N) is 2. The number of aliphatic hydroxyl groups is 3. The molecule has 5 unspecified atom stereocenters. The topological polar surface area (TPSA) is 113 Å². The minimum atomic E-state index is -1.12. The van der Waals surface area contributed by atoms with Crippen LogP contribution >= 0.6 is 0 Å². The molecule has 3 heterocycles. The molecule has 8 nitrogen and oxygen atoms in total. The van der Waals surface area contributed by atoms with Crippen LogP contribution in [0.4, 0.5) is 0 Å². The van der Waals surface area contributed by atoms with Gasteiger partial charge in [0.2, 0.25) is 11.8 Å². The lowest BCUT2D eigenvalue weighted by atomic mass is 9.88. The predicted octanol–water partition coefficient (Wildman–Crippen LogP) is -0.866. The zero-order chi connectivity index (χ0) is 19.1. The number of likely N-dealkylation sites (tertiary alicyclic amines) is 2. The monoisotopic (exact) mass is 377 g/mol. The highest BCUT2D eigenvalue weighted by Crippen LogP contribution is 2.37. The molecule has 3 fully saturated rings. The summed E-state index contributed by atoms with van der Waals surface area (Å²) >= 11 is 0. The van der Waals surface area contributed by atoms with Crippen LogP contribution in [0.5, 0.6) is 0 Å². The number of hydrogen-bond acceptors (Lipinski definition) is 7. The highest BCUT2D eigenvalue weighted by atomic mass is 16.3. The molecule has 27 heavy (non-hydrogen) atoms. The van der Waals surface area contributed by atoms with Crippen LogP contribution < -0.4 is 5.32 Å². The maximum absolute atomic E-state index is 13.0. The Morgan fingerprint density at radius 1 is 1.04 bits per heavy atom. The Labute approximate surface area is 158 Å². The van der Waals surface area contributed by atoms with Gasteiger partial charge in [-0.3, -0.25) is 19.8 Å². The van der Waals surface area contributed by atoms with Crippen molar-refractivity contribution in [2.75, 3.05) is 19.7 Å². The van der Waals surface area contributed by atoms with Gasteiger partial charge in [-0.05, 0) is 43.8 Å². The molecule has 4 rings (SSSR count). The van der Waals surface area contributed by atoms with Gasteiger partial charge in [-0.1, -0.05) is 6.08 Å². The fraction of sp³-hybridized carbons (Fsp3) is 0.684. The molecule has 0 saturated carbocycles. The van der Waals surface area contributed by atoms with Crippen LogP contribution in [0.1, 0.15) is 25.7 Å². The second-order valence-corrected chi connectivity index (χ2v) is 7.93. The van der Waals surface area contributed by atoms with Crippen LogP contribution in [-0.2, 0) is 9.59 Å². The Bertz CT molecular complexity index is 670. The minimum absolute atomic E-state index is 0.210. The summed E-state index contributed by atoms with van der Waals surface area (Å²) in [5.41, 5.74) is 0.952. The molecule has 0 radical (unpaired) electrons. The molecule has 1 aliphatic carbocycles. The molecule has 4 aliphatic rings. The minimum Gasteiger partial charge on any atom is -0.396 e. The highest BCUT2D eigenvalue weighted by Gasteiger charge is 2.51. The number of imide groups is 1. The molecule has 8 heteroatoms. The largest absolute Gasteiger partial charge is 0.396 e. The van der Waals surface area contributed by atoms with Crippen molar-refractivity contribution in [3.05, 3.63) is 23.9 Å². The van der Waals surface area contributed by atoms with Crippen LogP contribution in [0.15, 0.2) is 23.9 Å². The summed E-state index contributed by atoms with van der Waals surface area (Å²) in [6.45, 7) is 1.86. The molecule has 148 valence electrons. The predicted molar refractivity (Wildman–Crippen MR) is 95.6 cm³/mol. The van der Waals surface area contributed by atoms with Crippen LogP contribution in [0.25, 0.3) is 0 Å². The van der Waals surface area contributed by atoms with E-state index in [2.05, 4.69) is 10.2 Å². The standard InChI is InChI=1S/C19H27N3O5/c23-10-11-5-7-21(8-6-11)12-1-2-13-14(9-12)19(27)22(18(13)26)15-3-4-16(24)20-17(15)25/h1-2,9,11,13-17,20,23-25H,3-8,10H2. The summed E-state index contributed by atoms with van der Waals surface area (Å²) in [6, 6.07) is -0.649. The van der Waals surface area contributed by atoms with E-state index in [4.69, 9.17) is 0 Å². The van der Waals surface area contributed by atoms with Crippen molar-refractivity contribution in [1.82, 2.24) is 15.1 Å². The molecule has 0 aromatic rings. The molecular formula is C19H27N3O5. The van der Waals surface area contributed by atoms with E-state index >= 15 is 0 Å². The van der Waals surface area contributed by atoms with Gasteiger partial charge in [0, 0.05) is 25.4 Å². The Morgan fingerprint density at radius 2 is 1.74 bits per heavy atom. The van der Waals surface area contributed by atoms with Gasteiger partial charge in [-0.25, -0.2) is 0 Å². The first-order chi connectivity index (χ1) is 13.0. The summed E-state index contributed by atoms with van der Waals surface area (Å²) in [6.07, 6.45) is 6.23. The number of carbonyl (C=O) groups is 2. The van der Waals surface area contributed by atoms with Crippen LogP contribution in [0.2, 0.25) is 0 Å². The quantitative estimate of drug-likeness (QED) is 0.473. The van der Waals surface area contributed by atoms with Crippen molar-refractivity contribution in [2.45, 2.75) is 44.2 Å². The average Bonchev–Trinajstić information content (AvgIpc) is 2.92. The summed E-state index contributed by atoms with van der Waals surface area (Å²) in [5, 5.41) is 31.7. The second kappa shape index (κ2) is 7.35. The Balaban J connectivity index is 1.50. The molecule has 0 spiro atoms. The second-order valence-electron chi connectivity index (χ2n) is 7.93. The third-order valence-electron chi connectivity index (χ3n) is 6.29. The fourth-order valence-corrected chi connectivity index (χ4v) is 4.62. The Morgan fingerprint density at radius 3 is 2.41 bits per heavy atom. The smallest absolute Gasteiger partial charge is 0.237 e. The number of hydrogen-bond donors (Lipinski definition) is 4. The van der Waals surface area contributed by atoms with E-state index in [1.54, 1.807) is 6.08 Å². The van der Waals surface area contributed by atoms with Gasteiger partial charge in [0.25, 0.3) is 0 Å². The Kier molecular flexibility index (Phi) is 5.07. The molecule has 5 atom stereocenters. The first-order valence-corrected chi connectivity index (χ1v) is 9.74. The number of nitrogens with one attached hydrogen (secondary N) is 1. The summed E-state index contributed by atoms with van der Waals surface area (Å²) in [7, 11) is 0. The number of aliphatic hydroxyl groups excluding tert-OH is 3. The van der Waals surface area contributed by atoms with E-state index in [-0.39, 0.29) is 18.4 Å². The van der Waals surface area contributed by atoms with Gasteiger partial charge in [-0.2, -0.15) is 0 Å². The van der Waals surface area contributed by atoms with E-state index in [1.165, 1.54) is 4.90 Å². The number of piperidine rings is 2. The SMILES string of the molecule is O=C1C2C=CC(N3CCC(CO)CC3)=CC2C(=O)N1C1CCC(O)NC1O. The van der Waals surface area contributed by atoms with Gasteiger partial charge in [-0.15, -0.1) is 0 Å². The molecule has 4 N–H and O–H groups in total. The van der Waals surface area contributed by atoms with Crippen LogP contribution in [0, 0.1) is 17.8 Å². The summed E-state index contributed by atoms with van der Waals surface area (Å²) in [4.78, 5) is 29.2. The van der Waals surface area contributed by atoms with Crippen molar-refractivity contribution < 1.29 is 24.9 Å². The molecule has 0 aromatic heterocycles. The third-order valence-corrected chi connectivity index (χ3v) is 6.29. The lowest BCUT2D eigenvalue weighted by molar-refractivity contribution is -0.149. The van der Waals surface area contributed by atoms with E-state index < -0.39 is 30.3 Å². The third kappa shape index (κ3) is 3.31. The van der Waals surface area contributed by atoms with Crippen molar-refractivity contribution >= 4 is 11.8 Å². The number of carbonyl (C=O) groups excluding carboxylic acids is 2. The van der Waals surface area contributed by atoms with Gasteiger partial charge in [0.1, 0.15) is 12.5 Å².